The molecule has 1 aliphatic carbocycles. The predicted molar refractivity (Wildman–Crippen MR) is 137 cm³/mol. The Bertz CT molecular complexity index is 1280. The van der Waals surface area contributed by atoms with Crippen LogP contribution in [-0.2, 0) is 63.9 Å². The molecule has 0 aromatic carbocycles. The van der Waals surface area contributed by atoms with Gasteiger partial charge < -0.3 is 79.7 Å². The largest absolute Gasteiger partial charge is 0.473 e. The number of carbonyl (C=O) groups excluding carboxylic acids is 1. The van der Waals surface area contributed by atoms with Crippen molar-refractivity contribution in [2.24, 2.45) is 5.73 Å². The molecule has 0 heterocycles. The second kappa shape index (κ2) is 16.7. The van der Waals surface area contributed by atoms with Crippen molar-refractivity contribution in [1.82, 2.24) is 0 Å². The maximum Gasteiger partial charge on any atom is 0.473 e. The Balaban J connectivity index is 4.13. The zero-order valence-electron chi connectivity index (χ0n) is 22.3. The van der Waals surface area contributed by atoms with Gasteiger partial charge in [-0.2, -0.15) is 0 Å². The van der Waals surface area contributed by atoms with Gasteiger partial charge in [-0.15, -0.1) is 0 Å². The van der Waals surface area contributed by atoms with Crippen molar-refractivity contribution in [3.63, 3.8) is 0 Å². The van der Waals surface area contributed by atoms with E-state index < -0.39 is 115 Å². The van der Waals surface area contributed by atoms with Gasteiger partial charge in [0.2, 0.25) is 0 Å². The number of phosphoric ester groups is 6. The summed E-state index contributed by atoms with van der Waals surface area (Å²) in [6, 6.07) is -2.22. The molecule has 29 nitrogen and oxygen atoms in total. The highest BCUT2D eigenvalue weighted by molar-refractivity contribution is 7.48. The van der Waals surface area contributed by atoms with E-state index >= 15 is 0 Å². The number of carbonyl (C=O) groups is 1. The van der Waals surface area contributed by atoms with Gasteiger partial charge in [0.15, 0.2) is 0 Å². The van der Waals surface area contributed by atoms with Crippen molar-refractivity contribution in [2.45, 2.75) is 61.0 Å². The number of phosphoric acid groups is 6. The Morgan fingerprint density at radius 3 is 1.02 bits per heavy atom. The highest BCUT2D eigenvalue weighted by Crippen LogP contribution is 2.58. The van der Waals surface area contributed by atoms with E-state index in [4.69, 9.17) is 10.8 Å². The van der Waals surface area contributed by atoms with E-state index in [1.807, 2.05) is 0 Å². The quantitative estimate of drug-likeness (QED) is 0.0427. The molecular formula is C12H29NO28P6. The normalized spacial score (nSPS) is 29.0. The first-order valence-electron chi connectivity index (χ1n) is 11.4. The number of aliphatic hydroxyl groups excluding tert-OH is 3. The summed E-state index contributed by atoms with van der Waals surface area (Å²) >= 11 is 0. The summed E-state index contributed by atoms with van der Waals surface area (Å²) in [5, 5.41) is 28.8. The molecule has 1 aliphatic rings. The maximum atomic E-state index is 13.1. The lowest BCUT2D eigenvalue weighted by Crippen LogP contribution is -2.66. The molecule has 16 N–H and O–H groups in total. The summed E-state index contributed by atoms with van der Waals surface area (Å²) in [7, 11) is -37.4. The smallest absolute Gasteiger partial charge is 0.394 e. The third kappa shape index (κ3) is 15.9. The van der Waals surface area contributed by atoms with Crippen LogP contribution in [0.15, 0.2) is 0 Å². The van der Waals surface area contributed by atoms with Gasteiger partial charge in [-0.3, -0.25) is 31.7 Å². The Labute approximate surface area is 259 Å². The molecule has 0 aromatic rings. The zero-order chi connectivity index (χ0) is 37.1. The first-order valence-corrected chi connectivity index (χ1v) is 20.5. The van der Waals surface area contributed by atoms with Gasteiger partial charge in [0, 0.05) is 0 Å². The van der Waals surface area contributed by atoms with E-state index in [-0.39, 0.29) is 6.29 Å². The highest BCUT2D eigenvalue weighted by atomic mass is 31.2. The topological polar surface area (TPSA) is 493 Å². The summed E-state index contributed by atoms with van der Waals surface area (Å²) in [5.41, 5.74) is 5.34. The molecule has 35 heteroatoms. The summed E-state index contributed by atoms with van der Waals surface area (Å²) in [6.07, 6.45) is -27.7. The molecule has 11 atom stereocenters. The van der Waals surface area contributed by atoms with Crippen LogP contribution in [0.5, 0.6) is 0 Å². The molecule has 0 radical (unpaired) electrons. The van der Waals surface area contributed by atoms with Gasteiger partial charge in [0.25, 0.3) is 0 Å². The van der Waals surface area contributed by atoms with Crippen LogP contribution >= 0.6 is 46.9 Å². The van der Waals surface area contributed by atoms with E-state index in [2.05, 4.69) is 31.7 Å². The highest BCUT2D eigenvalue weighted by Gasteiger charge is 2.63. The second-order valence-corrected chi connectivity index (χ2v) is 16.2. The van der Waals surface area contributed by atoms with Crippen LogP contribution in [-0.4, -0.2) is 143 Å². The number of aldehydes is 1. The lowest BCUT2D eigenvalue weighted by atomic mass is 9.85. The zero-order valence-corrected chi connectivity index (χ0v) is 27.7. The van der Waals surface area contributed by atoms with E-state index in [9.17, 15) is 96.2 Å². The number of hydrogen-bond donors (Lipinski definition) is 15. The maximum absolute atomic E-state index is 13.1. The number of rotatable bonds is 19. The van der Waals surface area contributed by atoms with E-state index in [1.54, 1.807) is 0 Å². The fourth-order valence-corrected chi connectivity index (χ4v) is 7.69. The van der Waals surface area contributed by atoms with E-state index in [1.165, 1.54) is 0 Å². The van der Waals surface area contributed by atoms with Crippen LogP contribution in [0.3, 0.4) is 0 Å². The van der Waals surface area contributed by atoms with Crippen LogP contribution in [0.2, 0.25) is 0 Å². The van der Waals surface area contributed by atoms with Gasteiger partial charge in [0.05, 0.1) is 12.6 Å². The predicted octanol–water partition coefficient (Wildman–Crippen LogP) is -5.50. The minimum Gasteiger partial charge on any atom is -0.394 e. The van der Waals surface area contributed by atoms with Crippen molar-refractivity contribution >= 4 is 53.2 Å². The molecule has 0 aliphatic heterocycles. The lowest BCUT2D eigenvalue weighted by molar-refractivity contribution is -0.203. The third-order valence-corrected chi connectivity index (χ3v) is 8.81. The monoisotopic (exact) mass is 821 g/mol. The molecule has 3 unspecified atom stereocenters. The van der Waals surface area contributed by atoms with Crippen LogP contribution < -0.4 is 5.73 Å². The van der Waals surface area contributed by atoms with Crippen molar-refractivity contribution < 1.29 is 133 Å². The Hall–Kier alpha value is 0.170. The lowest BCUT2D eigenvalue weighted by Gasteiger charge is -2.48. The molecule has 0 aromatic heterocycles. The molecular weight excluding hydrogens is 792 g/mol. The van der Waals surface area contributed by atoms with E-state index in [0.29, 0.717) is 0 Å². The molecule has 1 fully saturated rings. The van der Waals surface area contributed by atoms with Gasteiger partial charge in [-0.05, 0) is 0 Å². The van der Waals surface area contributed by atoms with Crippen LogP contribution in [0, 0.1) is 0 Å². The molecule has 0 bridgehead atoms. The summed E-state index contributed by atoms with van der Waals surface area (Å²) < 4.78 is 102. The van der Waals surface area contributed by atoms with Crippen molar-refractivity contribution in [2.75, 3.05) is 6.61 Å². The van der Waals surface area contributed by atoms with Crippen molar-refractivity contribution in [3.8, 4) is 0 Å². The standard InChI is InChI=1S/C12H29NO28P6/c13-3(1-14)6(5(17)4(16)2-15)40-47(33,34)41-12-10(38-45(27,28)29)8(36-43(21,22)23)7(35-42(18,19)20)9(37-44(24,25)26)11(12)39-46(30,31)32/h1,3-12,15-17H,2,13H2,(H,33,34)(H2,18,19,20)(H2,21,22,23)(H2,24,25,26)(H2,27,28,29)(H2,30,31,32)/t3-,4+,5+,6+,7?,8-,9+,10-,11-,12?/m0/s1. The molecule has 47 heavy (non-hydrogen) atoms. The minimum absolute atomic E-state index is 0.282. The number of hydrogen-bond acceptors (Lipinski definition) is 18. The first kappa shape index (κ1) is 45.2. The Kier molecular flexibility index (Phi) is 16.0. The number of nitrogens with two attached hydrogens (primary N) is 1. The van der Waals surface area contributed by atoms with Crippen molar-refractivity contribution in [1.29, 1.82) is 0 Å². The SMILES string of the molecule is N[C@@H](C=O)[C@@H](OP(=O)(O)OC1[C@@H](OP(=O)(O)O)[C@H](OP(=O)(O)O)C(OP(=O)(O)O)[C@H](OP(=O)(O)O)[C@@H]1OP(=O)(O)O)[C@H](O)[C@H](O)CO. The van der Waals surface area contributed by atoms with Gasteiger partial charge in [0.1, 0.15) is 61.2 Å². The third-order valence-electron chi connectivity index (χ3n) is 5.20. The molecule has 1 rings (SSSR count). The second-order valence-electron chi connectivity index (χ2n) is 8.87. The van der Waals surface area contributed by atoms with Gasteiger partial charge in [-0.1, -0.05) is 0 Å². The summed E-state index contributed by atoms with van der Waals surface area (Å²) in [5.74, 6) is 0. The first-order chi connectivity index (χ1) is 20.8. The van der Waals surface area contributed by atoms with E-state index in [0.717, 1.165) is 0 Å². The minimum atomic E-state index is -6.36. The average Bonchev–Trinajstić information content (AvgIpc) is 2.84. The van der Waals surface area contributed by atoms with Crippen LogP contribution in [0.4, 0.5) is 0 Å². The van der Waals surface area contributed by atoms with Crippen LogP contribution in [0.25, 0.3) is 0 Å². The average molecular weight is 821 g/mol. The Morgan fingerprint density at radius 1 is 0.553 bits per heavy atom. The molecule has 0 spiro atoms. The Morgan fingerprint density at radius 2 is 0.809 bits per heavy atom. The molecule has 0 amide bonds. The fraction of sp³-hybridized carbons (Fsp3) is 0.917. The summed E-state index contributed by atoms with van der Waals surface area (Å²) in [4.78, 5) is 116. The molecule has 280 valence electrons. The van der Waals surface area contributed by atoms with Crippen LogP contribution in [0.1, 0.15) is 0 Å². The van der Waals surface area contributed by atoms with Crippen molar-refractivity contribution in [3.05, 3.63) is 0 Å². The molecule has 0 saturated heterocycles. The number of aliphatic hydroxyl groups is 3. The summed E-state index contributed by atoms with van der Waals surface area (Å²) in [6.45, 7) is -1.33. The fourth-order valence-electron chi connectivity index (χ4n) is 3.73. The van der Waals surface area contributed by atoms with Gasteiger partial charge >= 0.3 is 46.9 Å². The molecule has 1 saturated carbocycles. The van der Waals surface area contributed by atoms with Gasteiger partial charge in [-0.25, -0.2) is 27.4 Å².